The van der Waals surface area contributed by atoms with Gasteiger partial charge >= 0.3 is 0 Å². The second-order valence-electron chi connectivity index (χ2n) is 7.27. The minimum Gasteiger partial charge on any atom is -0.485 e. The predicted molar refractivity (Wildman–Crippen MR) is 112 cm³/mol. The molecule has 5 heteroatoms. The smallest absolute Gasteiger partial charge is 0.171 e. The molecule has 2 aliphatic rings. The molecule has 0 fully saturated rings. The summed E-state index contributed by atoms with van der Waals surface area (Å²) in [6.07, 6.45) is 5.94. The van der Waals surface area contributed by atoms with Crippen molar-refractivity contribution in [2.75, 3.05) is 6.61 Å². The van der Waals surface area contributed by atoms with Crippen LogP contribution in [0.2, 0.25) is 0 Å². The Hall–Kier alpha value is -3.73. The number of aliphatic imine (C=N–C) groups is 1. The highest BCUT2D eigenvalue weighted by molar-refractivity contribution is 5.98. The van der Waals surface area contributed by atoms with E-state index in [0.29, 0.717) is 13.0 Å². The molecule has 29 heavy (non-hydrogen) atoms. The van der Waals surface area contributed by atoms with E-state index in [2.05, 4.69) is 28.2 Å². The Morgan fingerprint density at radius 2 is 1.66 bits per heavy atom. The van der Waals surface area contributed by atoms with Gasteiger partial charge in [-0.05, 0) is 46.7 Å². The van der Waals surface area contributed by atoms with Crippen molar-refractivity contribution in [1.82, 2.24) is 9.97 Å². The van der Waals surface area contributed by atoms with Crippen molar-refractivity contribution in [3.8, 4) is 22.6 Å². The molecule has 140 valence electrons. The zero-order valence-corrected chi connectivity index (χ0v) is 15.6. The molecule has 0 saturated heterocycles. The molecule has 6 rings (SSSR count). The van der Waals surface area contributed by atoms with Crippen molar-refractivity contribution in [2.45, 2.75) is 12.5 Å². The molecular weight excluding hydrogens is 362 g/mol. The molecule has 1 atom stereocenters. The van der Waals surface area contributed by atoms with E-state index < -0.39 is 0 Å². The first-order valence-electron chi connectivity index (χ1n) is 9.62. The summed E-state index contributed by atoms with van der Waals surface area (Å²) >= 11 is 0. The van der Waals surface area contributed by atoms with E-state index in [-0.39, 0.29) is 6.10 Å². The maximum Gasteiger partial charge on any atom is 0.171 e. The van der Waals surface area contributed by atoms with Crippen LogP contribution in [0.1, 0.15) is 5.69 Å². The minimum atomic E-state index is -0.206. The topological polar surface area (TPSA) is 56.6 Å². The second kappa shape index (κ2) is 6.41. The number of hydrogen-bond acceptors (Lipinski definition) is 5. The average molecular weight is 379 g/mol. The van der Waals surface area contributed by atoms with Crippen LogP contribution in [0.5, 0.6) is 11.5 Å². The summed E-state index contributed by atoms with van der Waals surface area (Å²) in [4.78, 5) is 13.5. The van der Waals surface area contributed by atoms with E-state index in [1.165, 1.54) is 0 Å². The Bertz CT molecular complexity index is 1270. The zero-order chi connectivity index (χ0) is 19.2. The monoisotopic (exact) mass is 379 g/mol. The Morgan fingerprint density at radius 3 is 2.48 bits per heavy atom. The summed E-state index contributed by atoms with van der Waals surface area (Å²) in [5.74, 6) is 1.55. The highest BCUT2D eigenvalue weighted by Crippen LogP contribution is 2.38. The number of pyridine rings is 2. The van der Waals surface area contributed by atoms with Crippen LogP contribution in [0.15, 0.2) is 78.2 Å². The van der Waals surface area contributed by atoms with Crippen molar-refractivity contribution in [2.24, 2.45) is 4.99 Å². The Kier molecular flexibility index (Phi) is 3.59. The normalized spacial score (nSPS) is 17.1. The maximum absolute atomic E-state index is 6.28. The number of rotatable bonds is 2. The molecule has 5 nitrogen and oxygen atoms in total. The molecule has 4 heterocycles. The number of benzene rings is 2. The maximum atomic E-state index is 6.28. The van der Waals surface area contributed by atoms with Gasteiger partial charge in [0.1, 0.15) is 6.61 Å². The lowest BCUT2D eigenvalue weighted by atomic mass is 10.1. The van der Waals surface area contributed by atoms with Crippen LogP contribution in [-0.4, -0.2) is 28.4 Å². The van der Waals surface area contributed by atoms with Gasteiger partial charge in [0.25, 0.3) is 0 Å². The van der Waals surface area contributed by atoms with Gasteiger partial charge in [-0.2, -0.15) is 0 Å². The van der Waals surface area contributed by atoms with Crippen LogP contribution < -0.4 is 9.47 Å². The van der Waals surface area contributed by atoms with Gasteiger partial charge in [-0.3, -0.25) is 15.0 Å². The molecule has 1 unspecified atom stereocenters. The van der Waals surface area contributed by atoms with Gasteiger partial charge in [0.15, 0.2) is 17.6 Å². The third-order valence-electron chi connectivity index (χ3n) is 5.42. The van der Waals surface area contributed by atoms with E-state index in [1.807, 2.05) is 42.6 Å². The van der Waals surface area contributed by atoms with E-state index in [0.717, 1.165) is 50.5 Å². The van der Waals surface area contributed by atoms with Crippen molar-refractivity contribution >= 4 is 22.2 Å². The standard InChI is InChI=1S/C24H17N3O2/c1-2-4-17-11-23-22(10-16(17)3-1)28-14-24(29-23)21-12-19-20(27-21)9-18(13-26-19)15-5-7-25-8-6-15/h1-11,13,24H,12,14H2. The third kappa shape index (κ3) is 2.83. The highest BCUT2D eigenvalue weighted by Gasteiger charge is 2.30. The van der Waals surface area contributed by atoms with E-state index in [9.17, 15) is 0 Å². The Labute approximate surface area is 167 Å². The summed E-state index contributed by atoms with van der Waals surface area (Å²) in [5, 5.41) is 2.28. The number of ether oxygens (including phenoxy) is 2. The molecule has 0 saturated carbocycles. The van der Waals surface area contributed by atoms with Crippen LogP contribution in [0.25, 0.3) is 21.9 Å². The first-order valence-corrected chi connectivity index (χ1v) is 9.62. The van der Waals surface area contributed by atoms with Crippen molar-refractivity contribution in [3.05, 3.63) is 78.9 Å². The number of nitrogens with zero attached hydrogens (tertiary/aromatic N) is 3. The second-order valence-corrected chi connectivity index (χ2v) is 7.27. The van der Waals surface area contributed by atoms with Gasteiger partial charge in [0, 0.05) is 30.6 Å². The predicted octanol–water partition coefficient (Wildman–Crippen LogP) is 4.77. The first kappa shape index (κ1) is 16.2. The number of aromatic nitrogens is 2. The lowest BCUT2D eigenvalue weighted by Crippen LogP contribution is -2.36. The van der Waals surface area contributed by atoms with Gasteiger partial charge in [0.05, 0.1) is 17.1 Å². The Balaban J connectivity index is 1.30. The van der Waals surface area contributed by atoms with Crippen LogP contribution in [0, 0.1) is 0 Å². The van der Waals surface area contributed by atoms with Gasteiger partial charge in [-0.25, -0.2) is 0 Å². The lowest BCUT2D eigenvalue weighted by Gasteiger charge is -2.27. The van der Waals surface area contributed by atoms with Gasteiger partial charge in [0.2, 0.25) is 0 Å². The summed E-state index contributed by atoms with van der Waals surface area (Å²) in [6.45, 7) is 0.454. The fourth-order valence-electron chi connectivity index (χ4n) is 3.89. The SMILES string of the molecule is c1ccc2cc3c(cc2c1)OCC(C1=Nc2cc(-c4ccncc4)cnc2C1)O3. The van der Waals surface area contributed by atoms with Crippen LogP contribution in [0.3, 0.4) is 0 Å². The number of hydrogen-bond donors (Lipinski definition) is 0. The minimum absolute atomic E-state index is 0.206. The van der Waals surface area contributed by atoms with Crippen LogP contribution >= 0.6 is 0 Å². The molecular formula is C24H17N3O2. The molecule has 0 aliphatic carbocycles. The molecule has 0 amide bonds. The van der Waals surface area contributed by atoms with Crippen molar-refractivity contribution < 1.29 is 9.47 Å². The molecule has 2 aromatic carbocycles. The number of fused-ring (bicyclic) bond motifs is 3. The molecule has 0 spiro atoms. The Morgan fingerprint density at radius 1 is 0.862 bits per heavy atom. The molecule has 2 aromatic heterocycles. The summed E-state index contributed by atoms with van der Waals surface area (Å²) in [7, 11) is 0. The molecule has 0 N–H and O–H groups in total. The molecule has 0 bridgehead atoms. The summed E-state index contributed by atoms with van der Waals surface area (Å²) in [6, 6.07) is 18.3. The summed E-state index contributed by atoms with van der Waals surface area (Å²) < 4.78 is 12.3. The van der Waals surface area contributed by atoms with Crippen LogP contribution in [-0.2, 0) is 6.42 Å². The molecule has 0 radical (unpaired) electrons. The lowest BCUT2D eigenvalue weighted by molar-refractivity contribution is 0.134. The summed E-state index contributed by atoms with van der Waals surface area (Å²) in [5.41, 5.74) is 4.96. The molecule has 2 aliphatic heterocycles. The van der Waals surface area contributed by atoms with E-state index in [1.54, 1.807) is 12.4 Å². The van der Waals surface area contributed by atoms with Gasteiger partial charge in [-0.15, -0.1) is 0 Å². The van der Waals surface area contributed by atoms with Crippen molar-refractivity contribution in [1.29, 1.82) is 0 Å². The largest absolute Gasteiger partial charge is 0.485 e. The average Bonchev–Trinajstić information content (AvgIpc) is 3.21. The molecule has 4 aromatic rings. The third-order valence-corrected chi connectivity index (χ3v) is 5.42. The van der Waals surface area contributed by atoms with Crippen molar-refractivity contribution in [3.63, 3.8) is 0 Å². The van der Waals surface area contributed by atoms with Crippen LogP contribution in [0.4, 0.5) is 5.69 Å². The fraction of sp³-hybridized carbons (Fsp3) is 0.125. The van der Waals surface area contributed by atoms with E-state index in [4.69, 9.17) is 14.5 Å². The quantitative estimate of drug-likeness (QED) is 0.504. The van der Waals surface area contributed by atoms with Gasteiger partial charge < -0.3 is 9.47 Å². The van der Waals surface area contributed by atoms with E-state index >= 15 is 0 Å². The first-order chi connectivity index (χ1) is 14.3. The highest BCUT2D eigenvalue weighted by atomic mass is 16.6. The van der Waals surface area contributed by atoms with Gasteiger partial charge in [-0.1, -0.05) is 24.3 Å². The zero-order valence-electron chi connectivity index (χ0n) is 15.6. The fourth-order valence-corrected chi connectivity index (χ4v) is 3.89.